The number of halogens is 2. The van der Waals surface area contributed by atoms with Crippen molar-refractivity contribution in [1.29, 1.82) is 0 Å². The summed E-state index contributed by atoms with van der Waals surface area (Å²) < 4.78 is 0. The number of aliphatic imine (C=N–C) groups is 1. The Bertz CT molecular complexity index is 162. The van der Waals surface area contributed by atoms with Gasteiger partial charge in [0.15, 0.2) is 0 Å². The highest BCUT2D eigenvalue weighted by molar-refractivity contribution is 5.86. The Hall–Kier alpha value is 0.01000. The third kappa shape index (κ3) is 4.16. The molecule has 3 nitrogen and oxygen atoms in total. The Balaban J connectivity index is 0. The van der Waals surface area contributed by atoms with Gasteiger partial charge in [0, 0.05) is 19.0 Å². The van der Waals surface area contributed by atoms with Crippen LogP contribution in [0.3, 0.4) is 0 Å². The van der Waals surface area contributed by atoms with Crippen LogP contribution in [0, 0.1) is 5.92 Å². The van der Waals surface area contributed by atoms with E-state index in [1.54, 1.807) is 0 Å². The van der Waals surface area contributed by atoms with Crippen LogP contribution in [0.4, 0.5) is 0 Å². The second-order valence-corrected chi connectivity index (χ2v) is 3.11. The molecule has 0 unspecified atom stereocenters. The van der Waals surface area contributed by atoms with E-state index in [9.17, 15) is 0 Å². The Kier molecular flexibility index (Phi) is 8.83. The van der Waals surface area contributed by atoms with Gasteiger partial charge >= 0.3 is 0 Å². The Morgan fingerprint density at radius 1 is 1.46 bits per heavy atom. The first kappa shape index (κ1) is 15.5. The second-order valence-electron chi connectivity index (χ2n) is 3.11. The van der Waals surface area contributed by atoms with E-state index in [0.29, 0.717) is 5.92 Å². The van der Waals surface area contributed by atoms with Crippen LogP contribution in [-0.4, -0.2) is 42.1 Å². The normalized spacial score (nSPS) is 15.1. The predicted octanol–water partition coefficient (Wildman–Crippen LogP) is 1.19. The average Bonchev–Trinajstić information content (AvgIpc) is 2.36. The summed E-state index contributed by atoms with van der Waals surface area (Å²) in [6.07, 6.45) is 0. The molecule has 1 aliphatic rings. The first-order valence-electron chi connectivity index (χ1n) is 4.16. The average molecular weight is 229 g/mol. The molecule has 0 saturated heterocycles. The van der Waals surface area contributed by atoms with Crippen molar-refractivity contribution in [1.82, 2.24) is 4.90 Å². The van der Waals surface area contributed by atoms with Gasteiger partial charge in [-0.15, -0.1) is 24.8 Å². The van der Waals surface area contributed by atoms with Crippen molar-refractivity contribution >= 4 is 30.6 Å². The molecule has 0 aromatic heterocycles. The van der Waals surface area contributed by atoms with Gasteiger partial charge in [0.2, 0.25) is 0 Å². The fraction of sp³-hybridized carbons (Fsp3) is 0.875. The lowest BCUT2D eigenvalue weighted by molar-refractivity contribution is 0.253. The zero-order valence-corrected chi connectivity index (χ0v) is 9.70. The summed E-state index contributed by atoms with van der Waals surface area (Å²) in [4.78, 5) is 6.52. The molecule has 0 spiro atoms. The zero-order chi connectivity index (χ0) is 8.27. The molecule has 80 valence electrons. The fourth-order valence-corrected chi connectivity index (χ4v) is 1.39. The van der Waals surface area contributed by atoms with Gasteiger partial charge < -0.3 is 10.0 Å². The van der Waals surface area contributed by atoms with E-state index in [0.717, 1.165) is 25.5 Å². The van der Waals surface area contributed by atoms with Crippen LogP contribution >= 0.6 is 24.8 Å². The Morgan fingerprint density at radius 2 is 2.08 bits per heavy atom. The SMILES string of the molecule is CC(C)C1=NCCN1CCO.Cl.Cl. The molecule has 1 aliphatic heterocycles. The van der Waals surface area contributed by atoms with Crippen LogP contribution < -0.4 is 0 Å². The van der Waals surface area contributed by atoms with Crippen LogP contribution in [0.25, 0.3) is 0 Å². The highest BCUT2D eigenvalue weighted by Crippen LogP contribution is 2.08. The molecule has 13 heavy (non-hydrogen) atoms. The Labute approximate surface area is 92.0 Å². The van der Waals surface area contributed by atoms with E-state index in [1.807, 2.05) is 0 Å². The maximum atomic E-state index is 8.73. The van der Waals surface area contributed by atoms with Gasteiger partial charge in [-0.3, -0.25) is 4.99 Å². The molecule has 0 atom stereocenters. The fourth-order valence-electron chi connectivity index (χ4n) is 1.39. The molecular weight excluding hydrogens is 211 g/mol. The molecule has 0 radical (unpaired) electrons. The number of β-amino-alcohol motifs (C(OH)–C–C–N with tert-alkyl or cyclic N) is 1. The highest BCUT2D eigenvalue weighted by atomic mass is 35.5. The van der Waals surface area contributed by atoms with Crippen LogP contribution in [0.1, 0.15) is 13.8 Å². The summed E-state index contributed by atoms with van der Waals surface area (Å²) in [5.41, 5.74) is 0. The molecule has 0 aromatic carbocycles. The van der Waals surface area contributed by atoms with Crippen molar-refractivity contribution in [3.63, 3.8) is 0 Å². The van der Waals surface area contributed by atoms with Crippen LogP contribution in [-0.2, 0) is 0 Å². The minimum atomic E-state index is 0. The van der Waals surface area contributed by atoms with Crippen LogP contribution in [0.15, 0.2) is 4.99 Å². The monoisotopic (exact) mass is 228 g/mol. The van der Waals surface area contributed by atoms with Crippen LogP contribution in [0.2, 0.25) is 0 Å². The third-order valence-corrected chi connectivity index (χ3v) is 1.85. The van der Waals surface area contributed by atoms with E-state index in [4.69, 9.17) is 5.11 Å². The van der Waals surface area contributed by atoms with Gasteiger partial charge in [0.25, 0.3) is 0 Å². The maximum absolute atomic E-state index is 8.73. The molecule has 0 fully saturated rings. The number of nitrogens with zero attached hydrogens (tertiary/aromatic N) is 2. The summed E-state index contributed by atoms with van der Waals surface area (Å²) in [7, 11) is 0. The van der Waals surface area contributed by atoms with E-state index in [2.05, 4.69) is 23.7 Å². The first-order valence-corrected chi connectivity index (χ1v) is 4.16. The molecule has 0 amide bonds. The van der Waals surface area contributed by atoms with E-state index in [-0.39, 0.29) is 31.4 Å². The van der Waals surface area contributed by atoms with E-state index in [1.165, 1.54) is 0 Å². The zero-order valence-electron chi connectivity index (χ0n) is 8.06. The number of aliphatic hydroxyl groups excluding tert-OH is 1. The number of hydrogen-bond acceptors (Lipinski definition) is 3. The molecular formula is C8H18Cl2N2O. The van der Waals surface area contributed by atoms with Gasteiger partial charge in [-0.2, -0.15) is 0 Å². The molecule has 0 aliphatic carbocycles. The first-order chi connectivity index (χ1) is 5.25. The molecule has 0 bridgehead atoms. The van der Waals surface area contributed by atoms with Gasteiger partial charge in [0.05, 0.1) is 13.2 Å². The summed E-state index contributed by atoms with van der Waals surface area (Å²) in [5.74, 6) is 1.64. The molecule has 0 aromatic rings. The quantitative estimate of drug-likeness (QED) is 0.789. The largest absolute Gasteiger partial charge is 0.395 e. The van der Waals surface area contributed by atoms with E-state index < -0.39 is 0 Å². The molecule has 1 heterocycles. The number of rotatable bonds is 3. The summed E-state index contributed by atoms with van der Waals surface area (Å²) >= 11 is 0. The van der Waals surface area contributed by atoms with Crippen molar-refractivity contribution in [2.75, 3.05) is 26.2 Å². The van der Waals surface area contributed by atoms with Gasteiger partial charge in [0.1, 0.15) is 5.84 Å². The second kappa shape index (κ2) is 7.42. The standard InChI is InChI=1S/C8H16N2O.2ClH/c1-7(2)8-9-3-4-10(8)5-6-11;;/h7,11H,3-6H2,1-2H3;2*1H. The highest BCUT2D eigenvalue weighted by Gasteiger charge is 2.18. The number of hydrogen-bond donors (Lipinski definition) is 1. The topological polar surface area (TPSA) is 35.8 Å². The molecule has 5 heteroatoms. The predicted molar refractivity (Wildman–Crippen MR) is 60.3 cm³/mol. The number of aliphatic hydroxyl groups is 1. The van der Waals surface area contributed by atoms with Gasteiger partial charge in [-0.1, -0.05) is 13.8 Å². The smallest absolute Gasteiger partial charge is 0.102 e. The van der Waals surface area contributed by atoms with Gasteiger partial charge in [-0.05, 0) is 0 Å². The molecule has 1 N–H and O–H groups in total. The summed E-state index contributed by atoms with van der Waals surface area (Å²) in [6.45, 7) is 7.10. The third-order valence-electron chi connectivity index (χ3n) is 1.85. The lowest BCUT2D eigenvalue weighted by Gasteiger charge is -2.21. The lowest BCUT2D eigenvalue weighted by Crippen LogP contribution is -2.33. The van der Waals surface area contributed by atoms with E-state index >= 15 is 0 Å². The minimum Gasteiger partial charge on any atom is -0.395 e. The molecule has 0 saturated carbocycles. The van der Waals surface area contributed by atoms with Crippen molar-refractivity contribution in [3.8, 4) is 0 Å². The summed E-state index contributed by atoms with van der Waals surface area (Å²) in [5, 5.41) is 8.73. The van der Waals surface area contributed by atoms with Crippen molar-refractivity contribution in [3.05, 3.63) is 0 Å². The molecule has 1 rings (SSSR count). The minimum absolute atomic E-state index is 0. The van der Waals surface area contributed by atoms with Gasteiger partial charge in [-0.25, -0.2) is 0 Å². The Morgan fingerprint density at radius 3 is 2.54 bits per heavy atom. The summed E-state index contributed by atoms with van der Waals surface area (Å²) in [6, 6.07) is 0. The van der Waals surface area contributed by atoms with Crippen LogP contribution in [0.5, 0.6) is 0 Å². The maximum Gasteiger partial charge on any atom is 0.102 e. The lowest BCUT2D eigenvalue weighted by atomic mass is 10.2. The van der Waals surface area contributed by atoms with Crippen molar-refractivity contribution in [2.24, 2.45) is 10.9 Å². The van der Waals surface area contributed by atoms with Crippen molar-refractivity contribution < 1.29 is 5.11 Å². The number of amidine groups is 1. The van der Waals surface area contributed by atoms with Crippen molar-refractivity contribution in [2.45, 2.75) is 13.8 Å².